The molecule has 1 fully saturated rings. The van der Waals surface area contributed by atoms with E-state index in [0.717, 1.165) is 45.0 Å². The van der Waals surface area contributed by atoms with E-state index in [4.69, 9.17) is 4.74 Å². The average molecular weight is 342 g/mol. The van der Waals surface area contributed by atoms with E-state index in [1.54, 1.807) is 12.1 Å². The third kappa shape index (κ3) is 5.40. The van der Waals surface area contributed by atoms with Crippen molar-refractivity contribution in [3.05, 3.63) is 29.8 Å². The molecule has 0 N–H and O–H groups in total. The molecule has 4 nitrogen and oxygen atoms in total. The van der Waals surface area contributed by atoms with E-state index >= 15 is 0 Å². The highest BCUT2D eigenvalue weighted by Crippen LogP contribution is 2.25. The maximum atomic E-state index is 12.2. The fourth-order valence-electron chi connectivity index (χ4n) is 3.17. The fourth-order valence-corrected chi connectivity index (χ4v) is 3.17. The Kier molecular flexibility index (Phi) is 7.40. The lowest BCUT2D eigenvalue weighted by molar-refractivity contribution is -0.0498. The smallest absolute Gasteiger partial charge is 0.387 e. The molecule has 6 heteroatoms. The second-order valence-electron chi connectivity index (χ2n) is 6.20. The predicted octanol–water partition coefficient (Wildman–Crippen LogP) is 3.39. The van der Waals surface area contributed by atoms with E-state index in [2.05, 4.69) is 28.4 Å². The Hall–Kier alpha value is -1.24. The Balaban J connectivity index is 1.88. The lowest BCUT2D eigenvalue weighted by atomic mass is 10.0. The summed E-state index contributed by atoms with van der Waals surface area (Å²) in [4.78, 5) is 4.89. The normalized spacial score (nSPS) is 21.2. The Labute approximate surface area is 143 Å². The summed E-state index contributed by atoms with van der Waals surface area (Å²) >= 11 is 0. The first kappa shape index (κ1) is 19.1. The Morgan fingerprint density at radius 3 is 2.50 bits per heavy atom. The minimum absolute atomic E-state index is 0.204. The predicted molar refractivity (Wildman–Crippen MR) is 90.6 cm³/mol. The van der Waals surface area contributed by atoms with Gasteiger partial charge in [-0.2, -0.15) is 8.78 Å². The molecule has 1 aromatic rings. The van der Waals surface area contributed by atoms with Gasteiger partial charge in [0.25, 0.3) is 0 Å². The van der Waals surface area contributed by atoms with Crippen molar-refractivity contribution in [2.75, 3.05) is 39.4 Å². The van der Waals surface area contributed by atoms with E-state index in [9.17, 15) is 8.78 Å². The molecule has 2 rings (SSSR count). The van der Waals surface area contributed by atoms with Crippen LogP contribution in [0.2, 0.25) is 0 Å². The minimum atomic E-state index is -2.78. The lowest BCUT2D eigenvalue weighted by Gasteiger charge is -2.42. The molecule has 0 aliphatic carbocycles. The van der Waals surface area contributed by atoms with E-state index in [-0.39, 0.29) is 11.8 Å². The van der Waals surface area contributed by atoms with Gasteiger partial charge in [0.1, 0.15) is 5.75 Å². The number of hydrogen-bond donors (Lipinski definition) is 0. The van der Waals surface area contributed by atoms with Crippen molar-refractivity contribution in [1.82, 2.24) is 9.80 Å². The average Bonchev–Trinajstić information content (AvgIpc) is 2.56. The SMILES string of the molecule is CCOCCN1CCN(C(C)c2ccc(OC(F)F)cc2)CC1C. The zero-order valence-corrected chi connectivity index (χ0v) is 14.8. The zero-order chi connectivity index (χ0) is 17.5. The third-order valence-electron chi connectivity index (χ3n) is 4.66. The van der Waals surface area contributed by atoms with Crippen LogP contribution >= 0.6 is 0 Å². The Morgan fingerprint density at radius 2 is 1.92 bits per heavy atom. The summed E-state index contributed by atoms with van der Waals surface area (Å²) < 4.78 is 34.3. The number of piperazine rings is 1. The molecule has 1 heterocycles. The fraction of sp³-hybridized carbons (Fsp3) is 0.667. The summed E-state index contributed by atoms with van der Waals surface area (Å²) in [6.45, 7) is 9.14. The first-order valence-electron chi connectivity index (χ1n) is 8.62. The standard InChI is InChI=1S/C18H28F2N2O2/c1-4-23-12-11-21-9-10-22(13-14(21)2)15(3)16-5-7-17(8-6-16)24-18(19)20/h5-8,14-15,18H,4,9-13H2,1-3H3. The van der Waals surface area contributed by atoms with Gasteiger partial charge in [0, 0.05) is 44.9 Å². The van der Waals surface area contributed by atoms with Gasteiger partial charge in [0.2, 0.25) is 0 Å². The van der Waals surface area contributed by atoms with Crippen molar-refractivity contribution in [1.29, 1.82) is 0 Å². The summed E-state index contributed by atoms with van der Waals surface area (Å²) in [5, 5.41) is 0. The highest BCUT2D eigenvalue weighted by Gasteiger charge is 2.26. The first-order valence-corrected chi connectivity index (χ1v) is 8.62. The van der Waals surface area contributed by atoms with Crippen molar-refractivity contribution in [2.45, 2.75) is 39.5 Å². The van der Waals surface area contributed by atoms with Crippen LogP contribution in [0.15, 0.2) is 24.3 Å². The molecule has 1 aliphatic rings. The molecule has 0 spiro atoms. The van der Waals surface area contributed by atoms with Gasteiger partial charge >= 0.3 is 6.61 Å². The first-order chi connectivity index (χ1) is 11.5. The van der Waals surface area contributed by atoms with Crippen LogP contribution in [0.1, 0.15) is 32.4 Å². The number of benzene rings is 1. The molecule has 0 saturated carbocycles. The van der Waals surface area contributed by atoms with Crippen LogP contribution in [0.4, 0.5) is 8.78 Å². The molecule has 136 valence electrons. The minimum Gasteiger partial charge on any atom is -0.435 e. The van der Waals surface area contributed by atoms with Crippen molar-refractivity contribution in [3.63, 3.8) is 0 Å². The van der Waals surface area contributed by atoms with Crippen LogP contribution < -0.4 is 4.74 Å². The van der Waals surface area contributed by atoms with Gasteiger partial charge in [-0.1, -0.05) is 12.1 Å². The number of halogens is 2. The summed E-state index contributed by atoms with van der Waals surface area (Å²) in [6.07, 6.45) is 0. The molecule has 1 aromatic carbocycles. The van der Waals surface area contributed by atoms with Crippen molar-refractivity contribution in [3.8, 4) is 5.75 Å². The molecular weight excluding hydrogens is 314 g/mol. The monoisotopic (exact) mass is 342 g/mol. The van der Waals surface area contributed by atoms with Crippen molar-refractivity contribution in [2.24, 2.45) is 0 Å². The van der Waals surface area contributed by atoms with Crippen LogP contribution in [-0.4, -0.2) is 61.8 Å². The van der Waals surface area contributed by atoms with Gasteiger partial charge < -0.3 is 9.47 Å². The maximum absolute atomic E-state index is 12.2. The van der Waals surface area contributed by atoms with Gasteiger partial charge in [-0.15, -0.1) is 0 Å². The van der Waals surface area contributed by atoms with Gasteiger partial charge in [0.15, 0.2) is 0 Å². The second-order valence-corrected chi connectivity index (χ2v) is 6.20. The number of alkyl halides is 2. The topological polar surface area (TPSA) is 24.9 Å². The third-order valence-corrected chi connectivity index (χ3v) is 4.66. The van der Waals surface area contributed by atoms with E-state index in [0.29, 0.717) is 6.04 Å². The van der Waals surface area contributed by atoms with E-state index in [1.165, 1.54) is 0 Å². The van der Waals surface area contributed by atoms with E-state index < -0.39 is 6.61 Å². The van der Waals surface area contributed by atoms with Crippen LogP contribution in [0, 0.1) is 0 Å². The van der Waals surface area contributed by atoms with Crippen molar-refractivity contribution < 1.29 is 18.3 Å². The molecule has 0 bridgehead atoms. The number of hydrogen-bond acceptors (Lipinski definition) is 4. The van der Waals surface area contributed by atoms with Gasteiger partial charge in [-0.3, -0.25) is 9.80 Å². The largest absolute Gasteiger partial charge is 0.435 e. The quantitative estimate of drug-likeness (QED) is 0.676. The molecule has 0 aromatic heterocycles. The van der Waals surface area contributed by atoms with Crippen LogP contribution in [0.25, 0.3) is 0 Å². The molecule has 0 amide bonds. The summed E-state index contributed by atoms with van der Waals surface area (Å²) in [6, 6.07) is 7.69. The highest BCUT2D eigenvalue weighted by molar-refractivity contribution is 5.29. The molecule has 24 heavy (non-hydrogen) atoms. The van der Waals surface area contributed by atoms with Gasteiger partial charge in [0.05, 0.1) is 6.61 Å². The van der Waals surface area contributed by atoms with Crippen molar-refractivity contribution >= 4 is 0 Å². The molecule has 0 radical (unpaired) electrons. The maximum Gasteiger partial charge on any atom is 0.387 e. The molecule has 1 saturated heterocycles. The summed E-state index contributed by atoms with van der Waals surface area (Å²) in [5.41, 5.74) is 1.12. The Morgan fingerprint density at radius 1 is 1.21 bits per heavy atom. The molecule has 2 atom stereocenters. The van der Waals surface area contributed by atoms with Gasteiger partial charge in [-0.05, 0) is 38.5 Å². The Bertz CT molecular complexity index is 484. The van der Waals surface area contributed by atoms with Crippen LogP contribution in [0.5, 0.6) is 5.75 Å². The number of ether oxygens (including phenoxy) is 2. The molecule has 2 unspecified atom stereocenters. The number of rotatable bonds is 8. The zero-order valence-electron chi connectivity index (χ0n) is 14.8. The number of nitrogens with zero attached hydrogens (tertiary/aromatic N) is 2. The lowest BCUT2D eigenvalue weighted by Crippen LogP contribution is -2.53. The molecule has 1 aliphatic heterocycles. The van der Waals surface area contributed by atoms with E-state index in [1.807, 2.05) is 19.1 Å². The second kappa shape index (κ2) is 9.30. The van der Waals surface area contributed by atoms with Crippen LogP contribution in [-0.2, 0) is 4.74 Å². The highest BCUT2D eigenvalue weighted by atomic mass is 19.3. The molecular formula is C18H28F2N2O2. The van der Waals surface area contributed by atoms with Crippen LogP contribution in [0.3, 0.4) is 0 Å². The summed E-state index contributed by atoms with van der Waals surface area (Å²) in [7, 11) is 0. The van der Waals surface area contributed by atoms with Gasteiger partial charge in [-0.25, -0.2) is 0 Å². The summed E-state index contributed by atoms with van der Waals surface area (Å²) in [5.74, 6) is 0.204.